The van der Waals surface area contributed by atoms with Crippen molar-refractivity contribution in [1.82, 2.24) is 0 Å². The lowest BCUT2D eigenvalue weighted by atomic mass is 10.5. The standard InChI is InChI=1S/C9H16O2/c1-5-8(3)10-7-11-9(4)6-2/h5-6H,7H2,1-4H3. The van der Waals surface area contributed by atoms with Crippen molar-refractivity contribution >= 4 is 0 Å². The normalized spacial score (nSPS) is 13.1. The molecular formula is C9H16O2. The van der Waals surface area contributed by atoms with Gasteiger partial charge >= 0.3 is 0 Å². The molecule has 0 bridgehead atoms. The van der Waals surface area contributed by atoms with Crippen molar-refractivity contribution < 1.29 is 9.47 Å². The highest BCUT2D eigenvalue weighted by atomic mass is 16.7. The van der Waals surface area contributed by atoms with Gasteiger partial charge < -0.3 is 9.47 Å². The van der Waals surface area contributed by atoms with E-state index in [1.165, 1.54) is 0 Å². The Morgan fingerprint density at radius 1 is 1.00 bits per heavy atom. The van der Waals surface area contributed by atoms with E-state index in [-0.39, 0.29) is 0 Å². The molecule has 0 heterocycles. The van der Waals surface area contributed by atoms with Crippen LogP contribution in [0.3, 0.4) is 0 Å². The molecule has 0 spiro atoms. The third-order valence-corrected chi connectivity index (χ3v) is 1.39. The molecule has 2 heteroatoms. The Morgan fingerprint density at radius 2 is 1.36 bits per heavy atom. The molecule has 0 radical (unpaired) electrons. The summed E-state index contributed by atoms with van der Waals surface area (Å²) in [5.74, 6) is 1.77. The highest BCUT2D eigenvalue weighted by molar-refractivity contribution is 4.85. The van der Waals surface area contributed by atoms with Crippen molar-refractivity contribution in [2.24, 2.45) is 0 Å². The first kappa shape index (κ1) is 10.1. The number of rotatable bonds is 4. The van der Waals surface area contributed by atoms with Gasteiger partial charge in [-0.05, 0) is 39.8 Å². The first-order valence-corrected chi connectivity index (χ1v) is 3.72. The van der Waals surface area contributed by atoms with E-state index < -0.39 is 0 Å². The zero-order valence-electron chi connectivity index (χ0n) is 7.68. The number of ether oxygens (including phenoxy) is 2. The summed E-state index contributed by atoms with van der Waals surface area (Å²) in [6.45, 7) is 7.95. The Kier molecular flexibility index (Phi) is 5.35. The molecule has 0 aromatic heterocycles. The summed E-state index contributed by atoms with van der Waals surface area (Å²) in [7, 11) is 0. The van der Waals surface area contributed by atoms with Gasteiger partial charge in [0.25, 0.3) is 0 Å². The van der Waals surface area contributed by atoms with Crippen LogP contribution in [-0.2, 0) is 9.47 Å². The van der Waals surface area contributed by atoms with E-state index in [0.29, 0.717) is 6.79 Å². The lowest BCUT2D eigenvalue weighted by Crippen LogP contribution is -1.96. The molecule has 0 fully saturated rings. The molecule has 0 amide bonds. The van der Waals surface area contributed by atoms with Crippen molar-refractivity contribution in [2.75, 3.05) is 6.79 Å². The molecule has 0 aliphatic heterocycles. The van der Waals surface area contributed by atoms with Gasteiger partial charge in [0.2, 0.25) is 6.79 Å². The monoisotopic (exact) mass is 156 g/mol. The van der Waals surface area contributed by atoms with Crippen LogP contribution in [0.25, 0.3) is 0 Å². The van der Waals surface area contributed by atoms with Gasteiger partial charge in [-0.25, -0.2) is 0 Å². The van der Waals surface area contributed by atoms with E-state index in [4.69, 9.17) is 9.47 Å². The van der Waals surface area contributed by atoms with Gasteiger partial charge in [-0.3, -0.25) is 0 Å². The predicted molar refractivity (Wildman–Crippen MR) is 45.9 cm³/mol. The smallest absolute Gasteiger partial charge is 0.229 e. The van der Waals surface area contributed by atoms with Crippen molar-refractivity contribution in [1.29, 1.82) is 0 Å². The summed E-state index contributed by atoms with van der Waals surface area (Å²) in [5.41, 5.74) is 0. The molecule has 0 aliphatic rings. The van der Waals surface area contributed by atoms with Gasteiger partial charge in [-0.1, -0.05) is 0 Å². The van der Waals surface area contributed by atoms with E-state index in [1.807, 2.05) is 39.8 Å². The van der Waals surface area contributed by atoms with Gasteiger partial charge in [0.05, 0.1) is 11.5 Å². The van der Waals surface area contributed by atoms with Gasteiger partial charge in [-0.2, -0.15) is 0 Å². The van der Waals surface area contributed by atoms with Crippen molar-refractivity contribution in [3.05, 3.63) is 23.7 Å². The van der Waals surface area contributed by atoms with Gasteiger partial charge in [0.15, 0.2) is 0 Å². The molecule has 2 nitrogen and oxygen atoms in total. The maximum Gasteiger partial charge on any atom is 0.229 e. The number of hydrogen-bond acceptors (Lipinski definition) is 2. The van der Waals surface area contributed by atoms with Gasteiger partial charge in [0.1, 0.15) is 0 Å². The van der Waals surface area contributed by atoms with Crippen molar-refractivity contribution in [2.45, 2.75) is 27.7 Å². The molecule has 0 N–H and O–H groups in total. The molecule has 0 saturated carbocycles. The summed E-state index contributed by atoms with van der Waals surface area (Å²) in [6, 6.07) is 0. The predicted octanol–water partition coefficient (Wildman–Crippen LogP) is 2.82. The Morgan fingerprint density at radius 3 is 1.64 bits per heavy atom. The number of hydrogen-bond donors (Lipinski definition) is 0. The van der Waals surface area contributed by atoms with E-state index in [2.05, 4.69) is 0 Å². The topological polar surface area (TPSA) is 18.5 Å². The minimum Gasteiger partial charge on any atom is -0.463 e. The average Bonchev–Trinajstić information content (AvgIpc) is 2.04. The summed E-state index contributed by atoms with van der Waals surface area (Å²) in [4.78, 5) is 0. The zero-order valence-corrected chi connectivity index (χ0v) is 7.68. The van der Waals surface area contributed by atoms with E-state index in [0.717, 1.165) is 11.5 Å². The summed E-state index contributed by atoms with van der Waals surface area (Å²) in [6.07, 6.45) is 3.79. The van der Waals surface area contributed by atoms with Crippen LogP contribution in [0.4, 0.5) is 0 Å². The largest absolute Gasteiger partial charge is 0.463 e. The highest BCUT2D eigenvalue weighted by Crippen LogP contribution is 1.98. The van der Waals surface area contributed by atoms with E-state index >= 15 is 0 Å². The van der Waals surface area contributed by atoms with Gasteiger partial charge in [0, 0.05) is 0 Å². The third kappa shape index (κ3) is 5.52. The molecule has 11 heavy (non-hydrogen) atoms. The molecule has 0 aromatic rings. The zero-order chi connectivity index (χ0) is 8.69. The fourth-order valence-electron chi connectivity index (χ4n) is 0.382. The second-order valence-electron chi connectivity index (χ2n) is 2.21. The average molecular weight is 156 g/mol. The first-order valence-electron chi connectivity index (χ1n) is 3.72. The molecule has 0 aromatic carbocycles. The van der Waals surface area contributed by atoms with Crippen molar-refractivity contribution in [3.8, 4) is 0 Å². The first-order chi connectivity index (χ1) is 5.20. The van der Waals surface area contributed by atoms with Crippen LogP contribution in [0.2, 0.25) is 0 Å². The minimum absolute atomic E-state index is 0.298. The summed E-state index contributed by atoms with van der Waals surface area (Å²) >= 11 is 0. The van der Waals surface area contributed by atoms with Crippen LogP contribution in [0.5, 0.6) is 0 Å². The molecule has 0 aliphatic carbocycles. The van der Waals surface area contributed by atoms with Gasteiger partial charge in [-0.15, -0.1) is 0 Å². The molecule has 64 valence electrons. The highest BCUT2D eigenvalue weighted by Gasteiger charge is 1.88. The third-order valence-electron chi connectivity index (χ3n) is 1.39. The molecule has 0 saturated heterocycles. The second kappa shape index (κ2) is 5.83. The van der Waals surface area contributed by atoms with Crippen LogP contribution in [-0.4, -0.2) is 6.79 Å². The van der Waals surface area contributed by atoms with E-state index in [9.17, 15) is 0 Å². The fraction of sp³-hybridized carbons (Fsp3) is 0.556. The summed E-state index contributed by atoms with van der Waals surface area (Å²) < 4.78 is 10.3. The maximum atomic E-state index is 5.16. The number of allylic oxidation sites excluding steroid dienone is 4. The van der Waals surface area contributed by atoms with Crippen molar-refractivity contribution in [3.63, 3.8) is 0 Å². The molecular weight excluding hydrogens is 140 g/mol. The Bertz CT molecular complexity index is 139. The van der Waals surface area contributed by atoms with Crippen LogP contribution in [0, 0.1) is 0 Å². The quantitative estimate of drug-likeness (QED) is 0.460. The lowest BCUT2D eigenvalue weighted by molar-refractivity contribution is 0.0151. The van der Waals surface area contributed by atoms with Crippen LogP contribution in [0.15, 0.2) is 23.7 Å². The van der Waals surface area contributed by atoms with E-state index in [1.54, 1.807) is 0 Å². The molecule has 0 rings (SSSR count). The Hall–Kier alpha value is -0.920. The molecule has 0 atom stereocenters. The maximum absolute atomic E-state index is 5.16. The Labute approximate surface area is 68.5 Å². The minimum atomic E-state index is 0.298. The van der Waals surface area contributed by atoms with Crippen LogP contribution < -0.4 is 0 Å². The van der Waals surface area contributed by atoms with Crippen LogP contribution >= 0.6 is 0 Å². The Balaban J connectivity index is 3.43. The van der Waals surface area contributed by atoms with Crippen LogP contribution in [0.1, 0.15) is 27.7 Å². The summed E-state index contributed by atoms with van der Waals surface area (Å²) in [5, 5.41) is 0. The fourth-order valence-corrected chi connectivity index (χ4v) is 0.382. The lowest BCUT2D eigenvalue weighted by Gasteiger charge is -2.07. The second-order valence-corrected chi connectivity index (χ2v) is 2.21. The molecule has 0 unspecified atom stereocenters. The SMILES string of the molecule is CC=C(C)OCOC(C)=CC.